The van der Waals surface area contributed by atoms with Gasteiger partial charge in [0.25, 0.3) is 0 Å². The van der Waals surface area contributed by atoms with Crippen LogP contribution in [0.15, 0.2) is 85.2 Å². The second kappa shape index (κ2) is 8.35. The summed E-state index contributed by atoms with van der Waals surface area (Å²) in [5.41, 5.74) is 3.54. The van der Waals surface area contributed by atoms with Gasteiger partial charge >= 0.3 is 0 Å². The fraction of sp³-hybridized carbons (Fsp3) is 0.0833. The van der Waals surface area contributed by atoms with Gasteiger partial charge in [-0.2, -0.15) is 10.2 Å². The number of nitrogens with one attached hydrogen (secondary N) is 2. The first-order valence-corrected chi connectivity index (χ1v) is 10.2. The molecule has 4 aromatic heterocycles. The number of carbonyl (C=O) groups excluding carboxylic acids is 2. The van der Waals surface area contributed by atoms with Gasteiger partial charge in [-0.25, -0.2) is 9.03 Å². The highest BCUT2D eigenvalue weighted by Gasteiger charge is 2.10. The lowest BCUT2D eigenvalue weighted by Gasteiger charge is -2.05. The molecule has 0 atom stereocenters. The van der Waals surface area contributed by atoms with Crippen molar-refractivity contribution >= 4 is 34.5 Å². The first-order chi connectivity index (χ1) is 15.6. The summed E-state index contributed by atoms with van der Waals surface area (Å²) in [4.78, 5) is 24.7. The summed E-state index contributed by atoms with van der Waals surface area (Å²) < 4.78 is 3.42. The van der Waals surface area contributed by atoms with E-state index in [1.807, 2.05) is 85.2 Å². The summed E-state index contributed by atoms with van der Waals surface area (Å²) >= 11 is 0. The van der Waals surface area contributed by atoms with Crippen LogP contribution in [0.25, 0.3) is 11.0 Å². The highest BCUT2D eigenvalue weighted by atomic mass is 16.2. The minimum atomic E-state index is -0.147. The van der Waals surface area contributed by atoms with E-state index in [1.54, 1.807) is 9.03 Å². The van der Waals surface area contributed by atoms with E-state index in [1.165, 1.54) is 0 Å². The molecule has 0 saturated carbocycles. The Morgan fingerprint density at radius 3 is 1.50 bits per heavy atom. The zero-order valence-electron chi connectivity index (χ0n) is 17.1. The first-order valence-electron chi connectivity index (χ1n) is 10.2. The first kappa shape index (κ1) is 19.5. The van der Waals surface area contributed by atoms with Gasteiger partial charge < -0.3 is 10.6 Å². The normalized spacial score (nSPS) is 11.0. The number of aromatic nitrogens is 4. The van der Waals surface area contributed by atoms with Gasteiger partial charge in [0.1, 0.15) is 0 Å². The van der Waals surface area contributed by atoms with Crippen LogP contribution in [-0.2, 0) is 22.4 Å². The number of carbonyl (C=O) groups is 2. The maximum Gasteiger partial charge on any atom is 0.229 e. The molecule has 2 amide bonds. The predicted octanol–water partition coefficient (Wildman–Crippen LogP) is 3.34. The van der Waals surface area contributed by atoms with E-state index in [-0.39, 0.29) is 24.7 Å². The molecule has 32 heavy (non-hydrogen) atoms. The monoisotopic (exact) mass is 424 g/mol. The van der Waals surface area contributed by atoms with Crippen LogP contribution in [-0.4, -0.2) is 31.0 Å². The SMILES string of the molecule is O=C(Cc1ccc(CC(=O)Nc2cc3ccccn3n2)cc1)Nc1cc2ccccn2n1. The molecule has 8 heteroatoms. The number of hydrogen-bond acceptors (Lipinski definition) is 4. The van der Waals surface area contributed by atoms with Gasteiger partial charge in [-0.3, -0.25) is 9.59 Å². The van der Waals surface area contributed by atoms with E-state index in [2.05, 4.69) is 20.8 Å². The Morgan fingerprint density at radius 1 is 0.656 bits per heavy atom. The Labute approximate surface area is 183 Å². The van der Waals surface area contributed by atoms with Crippen molar-refractivity contribution in [2.75, 3.05) is 10.6 Å². The third-order valence-electron chi connectivity index (χ3n) is 5.03. The third-order valence-corrected chi connectivity index (χ3v) is 5.03. The Balaban J connectivity index is 1.16. The molecule has 0 radical (unpaired) electrons. The molecule has 158 valence electrons. The molecule has 0 aliphatic rings. The second-order valence-corrected chi connectivity index (χ2v) is 7.47. The Kier molecular flexibility index (Phi) is 5.09. The highest BCUT2D eigenvalue weighted by Crippen LogP contribution is 2.13. The molecule has 0 spiro atoms. The summed E-state index contributed by atoms with van der Waals surface area (Å²) in [5, 5.41) is 14.3. The van der Waals surface area contributed by atoms with Crippen LogP contribution in [0.4, 0.5) is 11.6 Å². The van der Waals surface area contributed by atoms with E-state index < -0.39 is 0 Å². The lowest BCUT2D eigenvalue weighted by molar-refractivity contribution is -0.116. The van der Waals surface area contributed by atoms with Crippen molar-refractivity contribution in [2.45, 2.75) is 12.8 Å². The summed E-state index contributed by atoms with van der Waals surface area (Å²) in [6.45, 7) is 0. The van der Waals surface area contributed by atoms with Crippen LogP contribution in [0, 0.1) is 0 Å². The van der Waals surface area contributed by atoms with Crippen molar-refractivity contribution in [2.24, 2.45) is 0 Å². The van der Waals surface area contributed by atoms with Crippen molar-refractivity contribution < 1.29 is 9.59 Å². The van der Waals surface area contributed by atoms with Crippen LogP contribution < -0.4 is 10.6 Å². The smallest absolute Gasteiger partial charge is 0.229 e. The molecular weight excluding hydrogens is 404 g/mol. The molecule has 0 bridgehead atoms. The molecule has 5 rings (SSSR count). The van der Waals surface area contributed by atoms with Crippen LogP contribution >= 0.6 is 0 Å². The van der Waals surface area contributed by atoms with Crippen LogP contribution in [0.3, 0.4) is 0 Å². The number of nitrogens with zero attached hydrogens (tertiary/aromatic N) is 4. The van der Waals surface area contributed by atoms with Gasteiger partial charge in [0.05, 0.1) is 23.9 Å². The standard InChI is InChI=1S/C24H20N6O2/c31-23(25-21-15-19-5-1-3-11-29(19)27-21)13-17-7-9-18(10-8-17)14-24(32)26-22-16-20-6-2-4-12-30(20)28-22/h1-12,15-16H,13-14H2,(H,25,27,31)(H,26,28,32). The number of rotatable bonds is 6. The molecule has 5 aromatic rings. The van der Waals surface area contributed by atoms with E-state index in [0.29, 0.717) is 11.6 Å². The Morgan fingerprint density at radius 2 is 1.09 bits per heavy atom. The summed E-state index contributed by atoms with van der Waals surface area (Å²) in [7, 11) is 0. The predicted molar refractivity (Wildman–Crippen MR) is 121 cm³/mol. The maximum absolute atomic E-state index is 12.4. The van der Waals surface area contributed by atoms with E-state index in [0.717, 1.165) is 22.2 Å². The molecule has 8 nitrogen and oxygen atoms in total. The van der Waals surface area contributed by atoms with Crippen molar-refractivity contribution in [1.82, 2.24) is 19.2 Å². The summed E-state index contributed by atoms with van der Waals surface area (Å²) in [5.74, 6) is 0.736. The van der Waals surface area contributed by atoms with Crippen molar-refractivity contribution in [3.63, 3.8) is 0 Å². The van der Waals surface area contributed by atoms with Crippen LogP contribution in [0.1, 0.15) is 11.1 Å². The van der Waals surface area contributed by atoms with Crippen LogP contribution in [0.5, 0.6) is 0 Å². The molecule has 2 N–H and O–H groups in total. The van der Waals surface area contributed by atoms with E-state index >= 15 is 0 Å². The number of hydrogen-bond donors (Lipinski definition) is 2. The second-order valence-electron chi connectivity index (χ2n) is 7.47. The topological polar surface area (TPSA) is 92.8 Å². The molecule has 0 aliphatic heterocycles. The molecule has 0 saturated heterocycles. The fourth-order valence-corrected chi connectivity index (χ4v) is 3.52. The van der Waals surface area contributed by atoms with Crippen LogP contribution in [0.2, 0.25) is 0 Å². The molecule has 0 fully saturated rings. The number of anilines is 2. The summed E-state index contributed by atoms with van der Waals surface area (Å²) in [6, 6.07) is 22.5. The molecule has 4 heterocycles. The average molecular weight is 424 g/mol. The summed E-state index contributed by atoms with van der Waals surface area (Å²) in [6.07, 6.45) is 4.10. The third kappa shape index (κ3) is 4.34. The number of fused-ring (bicyclic) bond motifs is 2. The molecule has 0 aliphatic carbocycles. The Hall–Kier alpha value is -4.46. The van der Waals surface area contributed by atoms with E-state index in [9.17, 15) is 9.59 Å². The van der Waals surface area contributed by atoms with Gasteiger partial charge in [-0.05, 0) is 35.4 Å². The number of benzene rings is 1. The highest BCUT2D eigenvalue weighted by molar-refractivity contribution is 5.93. The average Bonchev–Trinajstić information content (AvgIpc) is 3.37. The lowest BCUT2D eigenvalue weighted by atomic mass is 10.1. The zero-order chi connectivity index (χ0) is 21.9. The molecular formula is C24H20N6O2. The maximum atomic E-state index is 12.4. The van der Waals surface area contributed by atoms with Gasteiger partial charge in [0, 0.05) is 24.5 Å². The van der Waals surface area contributed by atoms with Gasteiger partial charge in [-0.1, -0.05) is 36.4 Å². The molecule has 0 unspecified atom stereocenters. The van der Waals surface area contributed by atoms with Crippen molar-refractivity contribution in [3.05, 3.63) is 96.3 Å². The zero-order valence-corrected chi connectivity index (χ0v) is 17.1. The minimum absolute atomic E-state index is 0.147. The fourth-order valence-electron chi connectivity index (χ4n) is 3.52. The van der Waals surface area contributed by atoms with Gasteiger partial charge in [0.15, 0.2) is 11.6 Å². The van der Waals surface area contributed by atoms with Gasteiger partial charge in [0.2, 0.25) is 11.8 Å². The van der Waals surface area contributed by atoms with Gasteiger partial charge in [-0.15, -0.1) is 0 Å². The quantitative estimate of drug-likeness (QED) is 0.437. The molecule has 1 aromatic carbocycles. The Bertz CT molecular complexity index is 1240. The minimum Gasteiger partial charge on any atom is -0.309 e. The van der Waals surface area contributed by atoms with Crippen molar-refractivity contribution in [1.29, 1.82) is 0 Å². The largest absolute Gasteiger partial charge is 0.309 e. The van der Waals surface area contributed by atoms with E-state index in [4.69, 9.17) is 0 Å². The number of amides is 2. The lowest BCUT2D eigenvalue weighted by Crippen LogP contribution is -2.16. The van der Waals surface area contributed by atoms with Crippen molar-refractivity contribution in [3.8, 4) is 0 Å². The number of pyridine rings is 2.